The zero-order valence-corrected chi connectivity index (χ0v) is 13.6. The maximum Gasteiger partial charge on any atom is 0.245 e. The van der Waals surface area contributed by atoms with Gasteiger partial charge >= 0.3 is 0 Å². The highest BCUT2D eigenvalue weighted by molar-refractivity contribution is 7.89. The molecule has 1 atom stereocenters. The van der Waals surface area contributed by atoms with Crippen molar-refractivity contribution in [3.63, 3.8) is 0 Å². The summed E-state index contributed by atoms with van der Waals surface area (Å²) < 4.78 is 33.1. The fraction of sp³-hybridized carbons (Fsp3) is 0.235. The van der Waals surface area contributed by atoms with Crippen LogP contribution in [0, 0.1) is 0 Å². The molecular weight excluding hydrogens is 328 g/mol. The Labute approximate surface area is 140 Å². The fourth-order valence-corrected chi connectivity index (χ4v) is 4.63. The third-order valence-corrected chi connectivity index (χ3v) is 6.08. The van der Waals surface area contributed by atoms with Crippen molar-refractivity contribution >= 4 is 21.6 Å². The number of amides is 1. The van der Waals surface area contributed by atoms with Gasteiger partial charge in [0.15, 0.2) is 0 Å². The predicted octanol–water partition coefficient (Wildman–Crippen LogP) is 1.90. The number of hydrogen-bond acceptors (Lipinski definition) is 4. The van der Waals surface area contributed by atoms with E-state index in [1.165, 1.54) is 10.4 Å². The maximum absolute atomic E-state index is 13.0. The molecule has 2 aromatic rings. The minimum atomic E-state index is -3.71. The zero-order valence-electron chi connectivity index (χ0n) is 12.8. The van der Waals surface area contributed by atoms with Gasteiger partial charge in [-0.05, 0) is 29.3 Å². The van der Waals surface area contributed by atoms with Gasteiger partial charge in [0.2, 0.25) is 15.9 Å². The van der Waals surface area contributed by atoms with Gasteiger partial charge < -0.3 is 10.1 Å². The summed E-state index contributed by atoms with van der Waals surface area (Å²) in [5, 5.41) is 2.71. The van der Waals surface area contributed by atoms with E-state index in [-0.39, 0.29) is 17.2 Å². The van der Waals surface area contributed by atoms with E-state index in [9.17, 15) is 13.2 Å². The van der Waals surface area contributed by atoms with E-state index in [4.69, 9.17) is 4.74 Å². The Bertz CT molecular complexity index is 896. The van der Waals surface area contributed by atoms with Gasteiger partial charge in [-0.1, -0.05) is 30.3 Å². The van der Waals surface area contributed by atoms with E-state index in [0.29, 0.717) is 24.4 Å². The zero-order chi connectivity index (χ0) is 16.7. The van der Waals surface area contributed by atoms with E-state index in [2.05, 4.69) is 5.32 Å². The predicted molar refractivity (Wildman–Crippen MR) is 87.8 cm³/mol. The Kier molecular flexibility index (Phi) is 3.64. The molecule has 24 heavy (non-hydrogen) atoms. The van der Waals surface area contributed by atoms with Crippen molar-refractivity contribution in [3.05, 3.63) is 59.7 Å². The Morgan fingerprint density at radius 2 is 1.92 bits per heavy atom. The summed E-state index contributed by atoms with van der Waals surface area (Å²) in [7, 11) is -3.71. The molecule has 2 heterocycles. The fourth-order valence-electron chi connectivity index (χ4n) is 3.08. The highest BCUT2D eigenvalue weighted by Gasteiger charge is 2.37. The molecule has 0 spiro atoms. The van der Waals surface area contributed by atoms with Crippen molar-refractivity contribution in [2.75, 3.05) is 18.5 Å². The van der Waals surface area contributed by atoms with Crippen LogP contribution in [0.15, 0.2) is 53.4 Å². The van der Waals surface area contributed by atoms with Crippen LogP contribution in [-0.2, 0) is 26.0 Å². The number of hydrogen-bond donors (Lipinski definition) is 1. The van der Waals surface area contributed by atoms with Gasteiger partial charge in [-0.2, -0.15) is 4.31 Å². The third kappa shape index (κ3) is 2.50. The first-order valence-electron chi connectivity index (χ1n) is 7.67. The molecule has 1 amide bonds. The van der Waals surface area contributed by atoms with Crippen LogP contribution in [0.3, 0.4) is 0 Å². The number of anilines is 1. The first kappa shape index (κ1) is 15.3. The molecule has 1 saturated heterocycles. The molecule has 2 aliphatic rings. The summed E-state index contributed by atoms with van der Waals surface area (Å²) in [6, 6.07) is 14.0. The topological polar surface area (TPSA) is 75.7 Å². The van der Waals surface area contributed by atoms with Crippen molar-refractivity contribution in [2.24, 2.45) is 0 Å². The number of carbonyl (C=O) groups excluding carboxylic acids is 1. The quantitative estimate of drug-likeness (QED) is 0.923. The Morgan fingerprint density at radius 1 is 1.12 bits per heavy atom. The lowest BCUT2D eigenvalue weighted by Gasteiger charge is -2.23. The van der Waals surface area contributed by atoms with Crippen molar-refractivity contribution in [2.45, 2.75) is 17.5 Å². The lowest BCUT2D eigenvalue weighted by molar-refractivity contribution is -0.115. The number of benzene rings is 2. The van der Waals surface area contributed by atoms with Crippen LogP contribution in [0.1, 0.15) is 17.4 Å². The summed E-state index contributed by atoms with van der Waals surface area (Å²) in [6.45, 7) is 0.653. The minimum absolute atomic E-state index is 0.119. The smallest absolute Gasteiger partial charge is 0.245 e. The average Bonchev–Trinajstić information content (AvgIpc) is 3.20. The average molecular weight is 344 g/mol. The molecule has 7 heteroatoms. The van der Waals surface area contributed by atoms with Gasteiger partial charge in [0.1, 0.15) is 6.23 Å². The summed E-state index contributed by atoms with van der Waals surface area (Å²) >= 11 is 0. The highest BCUT2D eigenvalue weighted by Crippen LogP contribution is 2.34. The Morgan fingerprint density at radius 3 is 2.71 bits per heavy atom. The number of nitrogens with one attached hydrogen (secondary N) is 1. The highest BCUT2D eigenvalue weighted by atomic mass is 32.2. The first-order valence-corrected chi connectivity index (χ1v) is 9.11. The van der Waals surface area contributed by atoms with E-state index < -0.39 is 16.3 Å². The molecule has 0 bridgehead atoms. The molecule has 2 aliphatic heterocycles. The van der Waals surface area contributed by atoms with Crippen LogP contribution in [0.5, 0.6) is 0 Å². The molecule has 0 saturated carbocycles. The number of ether oxygens (including phenoxy) is 1. The second-order valence-electron chi connectivity index (χ2n) is 5.79. The molecule has 1 N–H and O–H groups in total. The molecule has 1 unspecified atom stereocenters. The molecule has 2 aromatic carbocycles. The lowest BCUT2D eigenvalue weighted by atomic mass is 10.2. The summed E-state index contributed by atoms with van der Waals surface area (Å²) in [5.74, 6) is -0.119. The molecule has 0 aromatic heterocycles. The van der Waals surface area contributed by atoms with Crippen LogP contribution >= 0.6 is 0 Å². The third-order valence-electron chi connectivity index (χ3n) is 4.24. The molecule has 4 rings (SSSR count). The molecule has 0 aliphatic carbocycles. The van der Waals surface area contributed by atoms with Gasteiger partial charge in [-0.3, -0.25) is 4.79 Å². The molecule has 1 fully saturated rings. The van der Waals surface area contributed by atoms with Crippen LogP contribution in [0.25, 0.3) is 0 Å². The SMILES string of the molecule is O=C1Cc2cc(S(=O)(=O)N3CCOC3c3ccccc3)ccc2N1. The molecule has 6 nitrogen and oxygen atoms in total. The number of rotatable bonds is 3. The van der Waals surface area contributed by atoms with E-state index >= 15 is 0 Å². The second kappa shape index (κ2) is 5.70. The lowest BCUT2D eigenvalue weighted by Crippen LogP contribution is -2.31. The maximum atomic E-state index is 13.0. The normalized spacial score (nSPS) is 20.8. The first-order chi connectivity index (χ1) is 11.6. The monoisotopic (exact) mass is 344 g/mol. The largest absolute Gasteiger partial charge is 0.356 e. The van der Waals surface area contributed by atoms with Gasteiger partial charge in [0.05, 0.1) is 17.9 Å². The van der Waals surface area contributed by atoms with Crippen molar-refractivity contribution < 1.29 is 17.9 Å². The van der Waals surface area contributed by atoms with Crippen molar-refractivity contribution in [3.8, 4) is 0 Å². The molecule has 124 valence electrons. The number of carbonyl (C=O) groups is 1. The molecule has 0 radical (unpaired) electrons. The van der Waals surface area contributed by atoms with Gasteiger partial charge in [-0.25, -0.2) is 8.42 Å². The number of nitrogens with zero attached hydrogens (tertiary/aromatic N) is 1. The second-order valence-corrected chi connectivity index (χ2v) is 7.68. The summed E-state index contributed by atoms with van der Waals surface area (Å²) in [5.41, 5.74) is 2.19. The van der Waals surface area contributed by atoms with Gasteiger partial charge in [0.25, 0.3) is 0 Å². The number of sulfonamides is 1. The van der Waals surface area contributed by atoms with Gasteiger partial charge in [0, 0.05) is 12.2 Å². The standard InChI is InChI=1S/C17H16N2O4S/c20-16-11-13-10-14(6-7-15(13)18-16)24(21,22)19-8-9-23-17(19)12-4-2-1-3-5-12/h1-7,10,17H,8-9,11H2,(H,18,20). The van der Waals surface area contributed by atoms with Crippen molar-refractivity contribution in [1.29, 1.82) is 0 Å². The van der Waals surface area contributed by atoms with Crippen LogP contribution in [0.4, 0.5) is 5.69 Å². The molecular formula is C17H16N2O4S. The van der Waals surface area contributed by atoms with Crippen molar-refractivity contribution in [1.82, 2.24) is 4.31 Å². The summed E-state index contributed by atoms with van der Waals surface area (Å²) in [6.07, 6.45) is -0.415. The van der Waals surface area contributed by atoms with E-state index in [1.807, 2.05) is 30.3 Å². The van der Waals surface area contributed by atoms with E-state index in [0.717, 1.165) is 5.56 Å². The van der Waals surface area contributed by atoms with Crippen LogP contribution in [-0.4, -0.2) is 31.8 Å². The van der Waals surface area contributed by atoms with Crippen LogP contribution in [0.2, 0.25) is 0 Å². The Hall–Kier alpha value is -2.22. The van der Waals surface area contributed by atoms with E-state index in [1.54, 1.807) is 12.1 Å². The minimum Gasteiger partial charge on any atom is -0.356 e. The summed E-state index contributed by atoms with van der Waals surface area (Å²) in [4.78, 5) is 11.6. The van der Waals surface area contributed by atoms with Gasteiger partial charge in [-0.15, -0.1) is 0 Å². The van der Waals surface area contributed by atoms with Crippen LogP contribution < -0.4 is 5.32 Å². The number of fused-ring (bicyclic) bond motifs is 1. The Balaban J connectivity index is 1.70.